The molecule has 0 saturated heterocycles. The molecule has 2 rings (SSSR count). The van der Waals surface area contributed by atoms with Crippen molar-refractivity contribution < 1.29 is 14.1 Å². The van der Waals surface area contributed by atoms with Gasteiger partial charge in [-0.3, -0.25) is 9.69 Å². The molecule has 108 valence electrons. The van der Waals surface area contributed by atoms with Crippen LogP contribution < -0.4 is 0 Å². The van der Waals surface area contributed by atoms with E-state index in [9.17, 15) is 4.79 Å². The molecule has 0 saturated carbocycles. The third-order valence-corrected chi connectivity index (χ3v) is 3.53. The molecule has 2 aromatic heterocycles. The molecule has 0 amide bonds. The molecule has 0 aromatic carbocycles. The Kier molecular flexibility index (Phi) is 5.25. The fraction of sp³-hybridized carbons (Fsp3) is 0.462. The van der Waals surface area contributed by atoms with Crippen LogP contribution in [-0.2, 0) is 16.1 Å². The van der Waals surface area contributed by atoms with Crippen LogP contribution in [0.1, 0.15) is 19.7 Å². The number of carbonyl (C=O) groups excluding carboxylic acids is 1. The van der Waals surface area contributed by atoms with Crippen molar-refractivity contribution in [2.75, 3.05) is 19.7 Å². The van der Waals surface area contributed by atoms with Crippen LogP contribution in [0.25, 0.3) is 10.8 Å². The molecule has 20 heavy (non-hydrogen) atoms. The standard InChI is InChI=1S/C13H17N3O3S/c1-3-16(9-12(17)18-4-2)8-11-14-13(19-15-11)10-6-5-7-20-10/h5-7H,3-4,8-9H2,1-2H3. The van der Waals surface area contributed by atoms with Crippen LogP contribution in [0.4, 0.5) is 0 Å². The van der Waals surface area contributed by atoms with Crippen LogP contribution in [0.2, 0.25) is 0 Å². The molecular formula is C13H17N3O3S. The van der Waals surface area contributed by atoms with Gasteiger partial charge in [-0.15, -0.1) is 11.3 Å². The highest BCUT2D eigenvalue weighted by Crippen LogP contribution is 2.22. The van der Waals surface area contributed by atoms with Crippen LogP contribution in [-0.4, -0.2) is 40.7 Å². The minimum atomic E-state index is -0.240. The lowest BCUT2D eigenvalue weighted by Gasteiger charge is -2.16. The van der Waals surface area contributed by atoms with Crippen LogP contribution in [0.5, 0.6) is 0 Å². The minimum absolute atomic E-state index is 0.229. The average molecular weight is 295 g/mol. The number of esters is 1. The van der Waals surface area contributed by atoms with Crippen LogP contribution in [0.15, 0.2) is 22.0 Å². The van der Waals surface area contributed by atoms with E-state index in [2.05, 4.69) is 10.1 Å². The Hall–Kier alpha value is -1.73. The minimum Gasteiger partial charge on any atom is -0.465 e. The molecule has 0 aliphatic heterocycles. The third-order valence-electron chi connectivity index (χ3n) is 2.67. The van der Waals surface area contributed by atoms with Crippen LogP contribution >= 0.6 is 11.3 Å². The van der Waals surface area contributed by atoms with Crippen molar-refractivity contribution in [1.82, 2.24) is 15.0 Å². The molecule has 0 radical (unpaired) electrons. The second-order valence-corrected chi connectivity index (χ2v) is 5.05. The number of thiophene rings is 1. The van der Waals surface area contributed by atoms with Gasteiger partial charge >= 0.3 is 5.97 Å². The second-order valence-electron chi connectivity index (χ2n) is 4.10. The zero-order chi connectivity index (χ0) is 14.4. The van der Waals surface area contributed by atoms with Gasteiger partial charge < -0.3 is 9.26 Å². The quantitative estimate of drug-likeness (QED) is 0.729. The Morgan fingerprint density at radius 1 is 1.50 bits per heavy atom. The molecule has 0 fully saturated rings. The Morgan fingerprint density at radius 3 is 3.00 bits per heavy atom. The first-order valence-corrected chi connectivity index (χ1v) is 7.35. The molecule has 7 heteroatoms. The van der Waals surface area contributed by atoms with Gasteiger partial charge in [0.2, 0.25) is 0 Å². The normalized spacial score (nSPS) is 10.9. The van der Waals surface area contributed by atoms with Crippen molar-refractivity contribution >= 4 is 17.3 Å². The van der Waals surface area contributed by atoms with Crippen molar-refractivity contribution in [2.45, 2.75) is 20.4 Å². The first kappa shape index (κ1) is 14.7. The van der Waals surface area contributed by atoms with Gasteiger partial charge in [0.05, 0.1) is 24.6 Å². The van der Waals surface area contributed by atoms with E-state index in [1.54, 1.807) is 18.3 Å². The number of likely N-dealkylation sites (N-methyl/N-ethyl adjacent to an activating group) is 1. The van der Waals surface area contributed by atoms with Crippen LogP contribution in [0, 0.1) is 0 Å². The SMILES string of the molecule is CCOC(=O)CN(CC)Cc1noc(-c2cccs2)n1. The van der Waals surface area contributed by atoms with E-state index < -0.39 is 0 Å². The zero-order valence-corrected chi connectivity index (χ0v) is 12.4. The highest BCUT2D eigenvalue weighted by Gasteiger charge is 2.15. The first-order valence-electron chi connectivity index (χ1n) is 6.47. The van der Waals surface area contributed by atoms with Gasteiger partial charge in [-0.05, 0) is 24.9 Å². The number of carbonyl (C=O) groups is 1. The number of hydrogen-bond donors (Lipinski definition) is 0. The Morgan fingerprint density at radius 2 is 2.35 bits per heavy atom. The first-order chi connectivity index (χ1) is 9.72. The molecule has 2 heterocycles. The molecular weight excluding hydrogens is 278 g/mol. The van der Waals surface area contributed by atoms with E-state index in [-0.39, 0.29) is 12.5 Å². The maximum absolute atomic E-state index is 11.5. The molecule has 6 nitrogen and oxygen atoms in total. The summed E-state index contributed by atoms with van der Waals surface area (Å²) in [4.78, 5) is 18.6. The molecule has 0 atom stereocenters. The van der Waals surface area contributed by atoms with Crippen molar-refractivity contribution in [3.05, 3.63) is 23.3 Å². The maximum Gasteiger partial charge on any atom is 0.320 e. The fourth-order valence-corrected chi connectivity index (χ4v) is 2.33. The smallest absolute Gasteiger partial charge is 0.320 e. The third kappa shape index (κ3) is 3.88. The Bertz CT molecular complexity index is 539. The number of rotatable bonds is 7. The second kappa shape index (κ2) is 7.16. The van der Waals surface area contributed by atoms with Crippen molar-refractivity contribution in [3.8, 4) is 10.8 Å². The molecule has 0 N–H and O–H groups in total. The summed E-state index contributed by atoms with van der Waals surface area (Å²) in [7, 11) is 0. The molecule has 0 aliphatic rings. The summed E-state index contributed by atoms with van der Waals surface area (Å²) in [5.74, 6) is 0.845. The van der Waals surface area contributed by atoms with E-state index in [1.807, 2.05) is 29.3 Å². The fourth-order valence-electron chi connectivity index (χ4n) is 1.69. The van der Waals surface area contributed by atoms with Gasteiger partial charge in [-0.1, -0.05) is 18.1 Å². The summed E-state index contributed by atoms with van der Waals surface area (Å²) in [6.07, 6.45) is 0. The number of hydrogen-bond acceptors (Lipinski definition) is 7. The van der Waals surface area contributed by atoms with Crippen molar-refractivity contribution in [1.29, 1.82) is 0 Å². The maximum atomic E-state index is 11.5. The Balaban J connectivity index is 1.96. The number of ether oxygens (including phenoxy) is 1. The zero-order valence-electron chi connectivity index (χ0n) is 11.5. The van der Waals surface area contributed by atoms with Gasteiger partial charge in [-0.25, -0.2) is 0 Å². The van der Waals surface area contributed by atoms with Crippen molar-refractivity contribution in [3.63, 3.8) is 0 Å². The van der Waals surface area contributed by atoms with Gasteiger partial charge in [0.25, 0.3) is 5.89 Å². The average Bonchev–Trinajstić information content (AvgIpc) is 3.08. The van der Waals surface area contributed by atoms with E-state index in [0.717, 1.165) is 4.88 Å². The predicted molar refractivity (Wildman–Crippen MR) is 75.2 cm³/mol. The highest BCUT2D eigenvalue weighted by atomic mass is 32.1. The largest absolute Gasteiger partial charge is 0.465 e. The van der Waals surface area contributed by atoms with E-state index in [1.165, 1.54) is 0 Å². The summed E-state index contributed by atoms with van der Waals surface area (Å²) in [5, 5.41) is 5.90. The van der Waals surface area contributed by atoms with E-state index >= 15 is 0 Å². The molecule has 0 bridgehead atoms. The topological polar surface area (TPSA) is 68.5 Å². The lowest BCUT2D eigenvalue weighted by atomic mass is 10.4. The number of nitrogens with zero attached hydrogens (tertiary/aromatic N) is 3. The lowest BCUT2D eigenvalue weighted by molar-refractivity contribution is -0.144. The monoisotopic (exact) mass is 295 g/mol. The molecule has 0 spiro atoms. The Labute approximate surface area is 121 Å². The van der Waals surface area contributed by atoms with Gasteiger partial charge in [0.1, 0.15) is 0 Å². The highest BCUT2D eigenvalue weighted by molar-refractivity contribution is 7.13. The van der Waals surface area contributed by atoms with Crippen molar-refractivity contribution in [2.24, 2.45) is 0 Å². The summed E-state index contributed by atoms with van der Waals surface area (Å²) >= 11 is 1.55. The molecule has 2 aromatic rings. The van der Waals surface area contributed by atoms with E-state index in [0.29, 0.717) is 31.4 Å². The van der Waals surface area contributed by atoms with Gasteiger partial charge in [-0.2, -0.15) is 4.98 Å². The summed E-state index contributed by atoms with van der Waals surface area (Å²) in [5.41, 5.74) is 0. The lowest BCUT2D eigenvalue weighted by Crippen LogP contribution is -2.30. The summed E-state index contributed by atoms with van der Waals surface area (Å²) in [6, 6.07) is 3.86. The van der Waals surface area contributed by atoms with Gasteiger partial charge in [0.15, 0.2) is 5.82 Å². The number of aromatic nitrogens is 2. The molecule has 0 aliphatic carbocycles. The summed E-state index contributed by atoms with van der Waals surface area (Å²) in [6.45, 7) is 5.56. The van der Waals surface area contributed by atoms with E-state index in [4.69, 9.17) is 9.26 Å². The molecule has 0 unspecified atom stereocenters. The predicted octanol–water partition coefficient (Wildman–Crippen LogP) is 2.18. The summed E-state index contributed by atoms with van der Waals surface area (Å²) < 4.78 is 10.1. The van der Waals surface area contributed by atoms with Crippen LogP contribution in [0.3, 0.4) is 0 Å². The van der Waals surface area contributed by atoms with Gasteiger partial charge in [0, 0.05) is 0 Å².